The molecule has 0 saturated carbocycles. The first-order valence-corrected chi connectivity index (χ1v) is 9.28. The Hall–Kier alpha value is -2.40. The lowest BCUT2D eigenvalue weighted by Crippen LogP contribution is -2.39. The Morgan fingerprint density at radius 3 is 2.69 bits per heavy atom. The topological polar surface area (TPSA) is 54.5 Å². The Kier molecular flexibility index (Phi) is 6.61. The zero-order valence-corrected chi connectivity index (χ0v) is 15.4. The normalized spacial score (nSPS) is 15.6. The highest BCUT2D eigenvalue weighted by molar-refractivity contribution is 5.77. The lowest BCUT2D eigenvalue weighted by molar-refractivity contribution is -0.123. The Morgan fingerprint density at radius 2 is 1.96 bits per heavy atom. The fourth-order valence-corrected chi connectivity index (χ4v) is 3.24. The van der Waals surface area contributed by atoms with Gasteiger partial charge in [-0.15, -0.1) is 0 Å². The van der Waals surface area contributed by atoms with Gasteiger partial charge in [-0.1, -0.05) is 24.3 Å². The van der Waals surface area contributed by atoms with Crippen LogP contribution < -0.4 is 10.1 Å². The number of aromatic nitrogens is 1. The van der Waals surface area contributed by atoms with Crippen molar-refractivity contribution in [1.29, 1.82) is 0 Å². The zero-order valence-electron chi connectivity index (χ0n) is 15.4. The van der Waals surface area contributed by atoms with Crippen molar-refractivity contribution in [2.24, 2.45) is 5.92 Å². The number of carbonyl (C=O) groups excluding carboxylic acids is 1. The summed E-state index contributed by atoms with van der Waals surface area (Å²) in [5, 5.41) is 3.01. The van der Waals surface area contributed by atoms with Crippen molar-refractivity contribution in [3.63, 3.8) is 0 Å². The summed E-state index contributed by atoms with van der Waals surface area (Å²) in [6.07, 6.45) is 4.05. The van der Waals surface area contributed by atoms with Crippen molar-refractivity contribution in [3.8, 4) is 5.75 Å². The molecule has 5 heteroatoms. The Morgan fingerprint density at radius 1 is 1.19 bits per heavy atom. The van der Waals surface area contributed by atoms with Crippen molar-refractivity contribution < 1.29 is 9.53 Å². The summed E-state index contributed by atoms with van der Waals surface area (Å²) in [6, 6.07) is 13.8. The second-order valence-electron chi connectivity index (χ2n) is 6.90. The highest BCUT2D eigenvalue weighted by atomic mass is 16.5. The molecule has 2 aromatic rings. The average Bonchev–Trinajstić information content (AvgIpc) is 2.68. The summed E-state index contributed by atoms with van der Waals surface area (Å²) < 4.78 is 5.59. The molecular weight excluding hydrogens is 326 g/mol. The molecule has 2 heterocycles. The van der Waals surface area contributed by atoms with Crippen molar-refractivity contribution in [2.75, 3.05) is 26.2 Å². The van der Waals surface area contributed by atoms with E-state index in [9.17, 15) is 4.79 Å². The van der Waals surface area contributed by atoms with Gasteiger partial charge >= 0.3 is 0 Å². The number of ether oxygens (including phenoxy) is 1. The van der Waals surface area contributed by atoms with E-state index in [0.717, 1.165) is 56.0 Å². The van der Waals surface area contributed by atoms with Crippen molar-refractivity contribution in [2.45, 2.75) is 26.3 Å². The fourth-order valence-electron chi connectivity index (χ4n) is 3.24. The quantitative estimate of drug-likeness (QED) is 0.832. The smallest absolute Gasteiger partial charge is 0.257 e. The van der Waals surface area contributed by atoms with Crippen LogP contribution in [0.4, 0.5) is 0 Å². The van der Waals surface area contributed by atoms with Gasteiger partial charge in [0.2, 0.25) is 0 Å². The van der Waals surface area contributed by atoms with Crippen LogP contribution in [0.5, 0.6) is 5.75 Å². The van der Waals surface area contributed by atoms with E-state index in [1.165, 1.54) is 0 Å². The number of hydrogen-bond donors (Lipinski definition) is 1. The van der Waals surface area contributed by atoms with Gasteiger partial charge in [0.25, 0.3) is 5.91 Å². The van der Waals surface area contributed by atoms with E-state index in [0.29, 0.717) is 5.92 Å². The third-order valence-electron chi connectivity index (χ3n) is 4.86. The number of likely N-dealkylation sites (tertiary alicyclic amines) is 1. The standard InChI is InChI=1S/C21H27N3O2/c1-17-6-2-3-8-20(17)26-16-21(25)23-14-18-9-12-24(13-10-18)15-19-7-4-5-11-22-19/h2-8,11,18H,9-10,12-16H2,1H3,(H,23,25). The number of carbonyl (C=O) groups is 1. The van der Waals surface area contributed by atoms with Crippen LogP contribution in [0.2, 0.25) is 0 Å². The zero-order chi connectivity index (χ0) is 18.2. The molecule has 3 rings (SSSR count). The molecule has 0 radical (unpaired) electrons. The molecule has 0 spiro atoms. The third kappa shape index (κ3) is 5.56. The summed E-state index contributed by atoms with van der Waals surface area (Å²) in [5.41, 5.74) is 2.16. The predicted octanol–water partition coefficient (Wildman–Crippen LogP) is 2.80. The number of pyridine rings is 1. The number of rotatable bonds is 7. The van der Waals surface area contributed by atoms with Crippen molar-refractivity contribution >= 4 is 5.91 Å². The number of hydrogen-bond acceptors (Lipinski definition) is 4. The van der Waals surface area contributed by atoms with Gasteiger partial charge in [0.1, 0.15) is 5.75 Å². The van der Waals surface area contributed by atoms with Gasteiger partial charge in [-0.25, -0.2) is 0 Å². The molecule has 0 bridgehead atoms. The molecule has 1 aliphatic heterocycles. The predicted molar refractivity (Wildman–Crippen MR) is 102 cm³/mol. The molecule has 1 aromatic carbocycles. The van der Waals surface area contributed by atoms with Crippen LogP contribution in [0.1, 0.15) is 24.1 Å². The Bertz CT molecular complexity index is 697. The maximum atomic E-state index is 12.0. The van der Waals surface area contributed by atoms with Gasteiger partial charge in [0.15, 0.2) is 6.61 Å². The highest BCUT2D eigenvalue weighted by Crippen LogP contribution is 2.18. The van der Waals surface area contributed by atoms with Crippen LogP contribution in [-0.4, -0.2) is 42.0 Å². The van der Waals surface area contributed by atoms with E-state index in [1.54, 1.807) is 0 Å². The lowest BCUT2D eigenvalue weighted by atomic mass is 9.96. The average molecular weight is 353 g/mol. The molecule has 26 heavy (non-hydrogen) atoms. The van der Waals surface area contributed by atoms with Gasteiger partial charge < -0.3 is 10.1 Å². The molecule has 0 atom stereocenters. The van der Waals surface area contributed by atoms with Gasteiger partial charge in [0.05, 0.1) is 5.69 Å². The summed E-state index contributed by atoms with van der Waals surface area (Å²) >= 11 is 0. The van der Waals surface area contributed by atoms with Gasteiger partial charge in [0, 0.05) is 19.3 Å². The summed E-state index contributed by atoms with van der Waals surface area (Å²) in [7, 11) is 0. The molecule has 1 saturated heterocycles. The maximum absolute atomic E-state index is 12.0. The first-order valence-electron chi connectivity index (χ1n) is 9.28. The molecular formula is C21H27N3O2. The minimum atomic E-state index is -0.0517. The number of nitrogens with one attached hydrogen (secondary N) is 1. The number of piperidine rings is 1. The van der Waals surface area contributed by atoms with E-state index >= 15 is 0 Å². The summed E-state index contributed by atoms with van der Waals surface area (Å²) in [4.78, 5) is 18.8. The van der Waals surface area contributed by atoms with Gasteiger partial charge in [-0.3, -0.25) is 14.7 Å². The van der Waals surface area contributed by atoms with E-state index < -0.39 is 0 Å². The number of benzene rings is 1. The van der Waals surface area contributed by atoms with Crippen LogP contribution >= 0.6 is 0 Å². The molecule has 0 unspecified atom stereocenters. The van der Waals surface area contributed by atoms with Crippen LogP contribution in [-0.2, 0) is 11.3 Å². The maximum Gasteiger partial charge on any atom is 0.257 e. The second kappa shape index (κ2) is 9.34. The summed E-state index contributed by atoms with van der Waals surface area (Å²) in [6.45, 7) is 5.79. The van der Waals surface area contributed by atoms with Crippen LogP contribution in [0.3, 0.4) is 0 Å². The van der Waals surface area contributed by atoms with Crippen molar-refractivity contribution in [1.82, 2.24) is 15.2 Å². The number of aryl methyl sites for hydroxylation is 1. The van der Waals surface area contributed by atoms with Gasteiger partial charge in [-0.05, 0) is 62.5 Å². The Labute approximate surface area is 155 Å². The molecule has 5 nitrogen and oxygen atoms in total. The van der Waals surface area contributed by atoms with E-state index in [4.69, 9.17) is 4.74 Å². The van der Waals surface area contributed by atoms with Crippen LogP contribution in [0, 0.1) is 12.8 Å². The Balaban J connectivity index is 1.33. The van der Waals surface area contributed by atoms with E-state index in [1.807, 2.05) is 49.5 Å². The second-order valence-corrected chi connectivity index (χ2v) is 6.90. The molecule has 1 amide bonds. The van der Waals surface area contributed by atoms with Crippen molar-refractivity contribution in [3.05, 3.63) is 59.9 Å². The van der Waals surface area contributed by atoms with Gasteiger partial charge in [-0.2, -0.15) is 0 Å². The first kappa shape index (κ1) is 18.4. The fraction of sp³-hybridized carbons (Fsp3) is 0.429. The number of nitrogens with zero attached hydrogens (tertiary/aromatic N) is 2. The molecule has 138 valence electrons. The molecule has 1 aliphatic rings. The molecule has 0 aliphatic carbocycles. The number of amides is 1. The minimum Gasteiger partial charge on any atom is -0.484 e. The molecule has 1 aromatic heterocycles. The first-order chi connectivity index (χ1) is 12.7. The lowest BCUT2D eigenvalue weighted by Gasteiger charge is -2.31. The molecule has 1 fully saturated rings. The van der Waals surface area contributed by atoms with Crippen LogP contribution in [0.15, 0.2) is 48.7 Å². The van der Waals surface area contributed by atoms with E-state index in [2.05, 4.69) is 21.3 Å². The van der Waals surface area contributed by atoms with Crippen LogP contribution in [0.25, 0.3) is 0 Å². The summed E-state index contributed by atoms with van der Waals surface area (Å²) in [5.74, 6) is 1.26. The highest BCUT2D eigenvalue weighted by Gasteiger charge is 2.20. The SMILES string of the molecule is Cc1ccccc1OCC(=O)NCC1CCN(Cc2ccccn2)CC1. The number of para-hydroxylation sites is 1. The molecule has 1 N–H and O–H groups in total. The third-order valence-corrected chi connectivity index (χ3v) is 4.86. The monoisotopic (exact) mass is 353 g/mol. The minimum absolute atomic E-state index is 0.0517. The van der Waals surface area contributed by atoms with E-state index in [-0.39, 0.29) is 12.5 Å². The largest absolute Gasteiger partial charge is 0.484 e.